The van der Waals surface area contributed by atoms with Gasteiger partial charge >= 0.3 is 0 Å². The number of carbonyl (C=O) groups is 1. The lowest BCUT2D eigenvalue weighted by Crippen LogP contribution is -2.13. The molecule has 1 aromatic carbocycles. The van der Waals surface area contributed by atoms with Crippen LogP contribution in [0.5, 0.6) is 0 Å². The highest BCUT2D eigenvalue weighted by Crippen LogP contribution is 2.34. The van der Waals surface area contributed by atoms with Crippen molar-refractivity contribution in [2.45, 2.75) is 9.92 Å². The van der Waals surface area contributed by atoms with Crippen LogP contribution in [0, 0.1) is 0 Å². The van der Waals surface area contributed by atoms with E-state index in [0.717, 1.165) is 4.90 Å². The summed E-state index contributed by atoms with van der Waals surface area (Å²) in [7, 11) is 0. The molecule has 0 fully saturated rings. The smallest absolute Gasteiger partial charge is 0.250 e. The topological polar surface area (TPSA) is 82.0 Å². The maximum atomic E-state index is 11.2. The van der Waals surface area contributed by atoms with Crippen molar-refractivity contribution in [3.63, 3.8) is 0 Å². The number of hydrogen-bond acceptors (Lipinski definition) is 4. The maximum absolute atomic E-state index is 11.2. The zero-order valence-electron chi connectivity index (χ0n) is 9.56. The Hall–Kier alpha value is -1.43. The highest BCUT2D eigenvalue weighted by Gasteiger charge is 2.10. The van der Waals surface area contributed by atoms with Crippen LogP contribution in [-0.4, -0.2) is 10.9 Å². The molecule has 0 saturated heterocycles. The van der Waals surface area contributed by atoms with E-state index in [9.17, 15) is 4.79 Å². The van der Waals surface area contributed by atoms with Gasteiger partial charge in [-0.05, 0) is 24.3 Å². The Labute approximate surface area is 124 Å². The molecule has 4 nitrogen and oxygen atoms in total. The van der Waals surface area contributed by atoms with E-state index in [1.165, 1.54) is 24.0 Å². The van der Waals surface area contributed by atoms with Crippen LogP contribution in [0.15, 0.2) is 40.4 Å². The van der Waals surface area contributed by atoms with E-state index in [2.05, 4.69) is 4.98 Å². The third kappa shape index (κ3) is 3.32. The van der Waals surface area contributed by atoms with Gasteiger partial charge in [0.2, 0.25) is 0 Å². The summed E-state index contributed by atoms with van der Waals surface area (Å²) < 4.78 is 0. The molecule has 1 heterocycles. The maximum Gasteiger partial charge on any atom is 0.250 e. The largest absolute Gasteiger partial charge is 0.397 e. The molecule has 0 spiro atoms. The monoisotopic (exact) mass is 313 g/mol. The Kier molecular flexibility index (Phi) is 4.19. The van der Waals surface area contributed by atoms with Crippen LogP contribution in [0.2, 0.25) is 10.0 Å². The molecule has 98 valence electrons. The van der Waals surface area contributed by atoms with Gasteiger partial charge in [-0.25, -0.2) is 4.98 Å². The number of benzene rings is 1. The van der Waals surface area contributed by atoms with E-state index in [-0.39, 0.29) is 11.3 Å². The molecule has 0 bridgehead atoms. The van der Waals surface area contributed by atoms with E-state index in [4.69, 9.17) is 34.7 Å². The van der Waals surface area contributed by atoms with Crippen LogP contribution in [-0.2, 0) is 0 Å². The third-order valence-electron chi connectivity index (χ3n) is 2.28. The minimum Gasteiger partial charge on any atom is -0.397 e. The number of hydrogen-bond donors (Lipinski definition) is 2. The van der Waals surface area contributed by atoms with Gasteiger partial charge in [0.25, 0.3) is 5.91 Å². The van der Waals surface area contributed by atoms with Gasteiger partial charge in [0.15, 0.2) is 0 Å². The summed E-state index contributed by atoms with van der Waals surface area (Å²) in [5, 5.41) is 1.68. The van der Waals surface area contributed by atoms with Crippen molar-refractivity contribution in [2.75, 3.05) is 5.73 Å². The molecule has 0 aliphatic heterocycles. The number of aromatic nitrogens is 1. The zero-order valence-corrected chi connectivity index (χ0v) is 11.9. The van der Waals surface area contributed by atoms with E-state index in [1.54, 1.807) is 18.2 Å². The van der Waals surface area contributed by atoms with Crippen LogP contribution in [0.25, 0.3) is 0 Å². The summed E-state index contributed by atoms with van der Waals surface area (Å²) in [5.41, 5.74) is 11.3. The number of primary amides is 1. The second-order valence-corrected chi connectivity index (χ2v) is 5.56. The van der Waals surface area contributed by atoms with Gasteiger partial charge in [-0.3, -0.25) is 4.79 Å². The van der Waals surface area contributed by atoms with Gasteiger partial charge in [-0.1, -0.05) is 35.0 Å². The van der Waals surface area contributed by atoms with Crippen LogP contribution < -0.4 is 11.5 Å². The predicted octanol–water partition coefficient (Wildman–Crippen LogP) is 3.22. The number of halogens is 2. The number of pyridine rings is 1. The lowest BCUT2D eigenvalue weighted by molar-refractivity contribution is 0.100. The van der Waals surface area contributed by atoms with Crippen molar-refractivity contribution in [3.8, 4) is 0 Å². The number of nitrogens with zero attached hydrogens (tertiary/aromatic N) is 1. The van der Waals surface area contributed by atoms with Crippen LogP contribution in [0.1, 0.15) is 10.4 Å². The summed E-state index contributed by atoms with van der Waals surface area (Å²) in [6.45, 7) is 0. The summed E-state index contributed by atoms with van der Waals surface area (Å²) >= 11 is 13.2. The van der Waals surface area contributed by atoms with Crippen molar-refractivity contribution >= 4 is 46.6 Å². The summed E-state index contributed by atoms with van der Waals surface area (Å²) in [4.78, 5) is 16.1. The summed E-state index contributed by atoms with van der Waals surface area (Å²) in [6.07, 6.45) is 1.39. The third-order valence-corrected chi connectivity index (χ3v) is 3.95. The lowest BCUT2D eigenvalue weighted by atomic mass is 10.2. The number of amides is 1. The molecule has 1 aromatic heterocycles. The van der Waals surface area contributed by atoms with Crippen molar-refractivity contribution in [2.24, 2.45) is 5.73 Å². The Balaban J connectivity index is 2.36. The SMILES string of the molecule is NC(=O)c1cc(Sc2cc(Cl)ccc2Cl)ncc1N. The average molecular weight is 314 g/mol. The molecule has 4 N–H and O–H groups in total. The molecule has 0 aliphatic rings. The molecule has 0 atom stereocenters. The average Bonchev–Trinajstić information content (AvgIpc) is 2.36. The predicted molar refractivity (Wildman–Crippen MR) is 77.8 cm³/mol. The number of rotatable bonds is 3. The number of nitrogens with two attached hydrogens (primary N) is 2. The Morgan fingerprint density at radius 2 is 2.00 bits per heavy atom. The van der Waals surface area contributed by atoms with Gasteiger partial charge in [0.05, 0.1) is 22.5 Å². The quantitative estimate of drug-likeness (QED) is 0.911. The fraction of sp³-hybridized carbons (Fsp3) is 0. The first kappa shape index (κ1) is 14.0. The van der Waals surface area contributed by atoms with Crippen molar-refractivity contribution in [1.29, 1.82) is 0 Å². The Morgan fingerprint density at radius 1 is 1.26 bits per heavy atom. The highest BCUT2D eigenvalue weighted by molar-refractivity contribution is 7.99. The molecule has 0 aliphatic carbocycles. The first-order valence-electron chi connectivity index (χ1n) is 5.15. The van der Waals surface area contributed by atoms with Crippen LogP contribution in [0.4, 0.5) is 5.69 Å². The molecule has 19 heavy (non-hydrogen) atoms. The summed E-state index contributed by atoms with van der Waals surface area (Å²) in [6, 6.07) is 6.63. The first-order valence-corrected chi connectivity index (χ1v) is 6.73. The van der Waals surface area contributed by atoms with Gasteiger partial charge in [0, 0.05) is 9.92 Å². The number of anilines is 1. The number of carbonyl (C=O) groups excluding carboxylic acids is 1. The molecule has 0 radical (unpaired) electrons. The van der Waals surface area contributed by atoms with Gasteiger partial charge in [-0.2, -0.15) is 0 Å². The van der Waals surface area contributed by atoms with Gasteiger partial charge < -0.3 is 11.5 Å². The van der Waals surface area contributed by atoms with E-state index >= 15 is 0 Å². The van der Waals surface area contributed by atoms with Gasteiger partial charge in [0.1, 0.15) is 5.03 Å². The van der Waals surface area contributed by atoms with E-state index < -0.39 is 5.91 Å². The normalized spacial score (nSPS) is 10.4. The highest BCUT2D eigenvalue weighted by atomic mass is 35.5. The van der Waals surface area contributed by atoms with E-state index in [0.29, 0.717) is 15.1 Å². The fourth-order valence-corrected chi connectivity index (χ4v) is 2.71. The molecule has 2 rings (SSSR count). The molecule has 0 unspecified atom stereocenters. The number of nitrogen functional groups attached to an aromatic ring is 1. The van der Waals surface area contributed by atoms with Crippen LogP contribution >= 0.6 is 35.0 Å². The molecule has 2 aromatic rings. The second kappa shape index (κ2) is 5.69. The Morgan fingerprint density at radius 3 is 2.68 bits per heavy atom. The first-order chi connectivity index (χ1) is 8.97. The summed E-state index contributed by atoms with van der Waals surface area (Å²) in [5.74, 6) is -0.598. The molecule has 1 amide bonds. The van der Waals surface area contributed by atoms with E-state index in [1.807, 2.05) is 0 Å². The molecule has 0 saturated carbocycles. The lowest BCUT2D eigenvalue weighted by Gasteiger charge is -2.06. The second-order valence-electron chi connectivity index (χ2n) is 3.65. The minimum absolute atomic E-state index is 0.232. The van der Waals surface area contributed by atoms with Crippen molar-refractivity contribution < 1.29 is 4.79 Å². The molecule has 7 heteroatoms. The minimum atomic E-state index is -0.598. The Bertz CT molecular complexity index is 649. The fourth-order valence-electron chi connectivity index (χ4n) is 1.38. The van der Waals surface area contributed by atoms with Gasteiger partial charge in [-0.15, -0.1) is 0 Å². The zero-order chi connectivity index (χ0) is 14.0. The molecular weight excluding hydrogens is 305 g/mol. The molecular formula is C12H9Cl2N3OS. The van der Waals surface area contributed by atoms with Crippen LogP contribution in [0.3, 0.4) is 0 Å². The standard InChI is InChI=1S/C12H9Cl2N3OS/c13-6-1-2-8(14)10(3-6)19-11-4-7(12(16)18)9(15)5-17-11/h1-5H,15H2,(H2,16,18). The van der Waals surface area contributed by atoms with Crippen molar-refractivity contribution in [1.82, 2.24) is 4.98 Å². The van der Waals surface area contributed by atoms with Crippen molar-refractivity contribution in [3.05, 3.63) is 46.1 Å².